The van der Waals surface area contributed by atoms with Gasteiger partial charge in [-0.25, -0.2) is 0 Å². The summed E-state index contributed by atoms with van der Waals surface area (Å²) in [7, 11) is 3.22. The Hall–Kier alpha value is -2.30. The second kappa shape index (κ2) is 5.65. The summed E-state index contributed by atoms with van der Waals surface area (Å²) in [5, 5.41) is 0. The van der Waals surface area contributed by atoms with Crippen molar-refractivity contribution >= 4 is 11.7 Å². The van der Waals surface area contributed by atoms with Crippen LogP contribution in [0.4, 0.5) is 0 Å². The Bertz CT molecular complexity index is 752. The fraction of sp³-hybridized carbons (Fsp3) is 0.474. The van der Waals surface area contributed by atoms with Gasteiger partial charge in [-0.3, -0.25) is 9.59 Å². The predicted octanol–water partition coefficient (Wildman–Crippen LogP) is 2.44. The third-order valence-electron chi connectivity index (χ3n) is 5.50. The number of carbonyl (C=O) groups is 2. The first-order valence-electron chi connectivity index (χ1n) is 8.38. The lowest BCUT2D eigenvalue weighted by molar-refractivity contribution is -0.135. The molecule has 1 aliphatic carbocycles. The smallest absolute Gasteiger partial charge is 0.227 e. The van der Waals surface area contributed by atoms with E-state index in [2.05, 4.69) is 0 Å². The van der Waals surface area contributed by atoms with Gasteiger partial charge >= 0.3 is 0 Å². The SMILES string of the molecule is COc1cc2c(cc1OC)[C@@H]1CC3=CC(=O)CC[C@H]3CN1C(=O)C2. The number of piperidine rings is 1. The lowest BCUT2D eigenvalue weighted by Gasteiger charge is -2.45. The Morgan fingerprint density at radius 2 is 1.88 bits per heavy atom. The molecule has 0 bridgehead atoms. The highest BCUT2D eigenvalue weighted by Gasteiger charge is 2.41. The fourth-order valence-electron chi connectivity index (χ4n) is 4.25. The normalized spacial score (nSPS) is 25.4. The topological polar surface area (TPSA) is 55.8 Å². The van der Waals surface area contributed by atoms with Crippen molar-refractivity contribution in [2.75, 3.05) is 20.8 Å². The summed E-state index contributed by atoms with van der Waals surface area (Å²) in [6, 6.07) is 3.90. The van der Waals surface area contributed by atoms with Gasteiger partial charge in [-0.05, 0) is 48.1 Å². The first kappa shape index (κ1) is 15.2. The summed E-state index contributed by atoms with van der Waals surface area (Å²) in [4.78, 5) is 26.4. The van der Waals surface area contributed by atoms with Crippen LogP contribution in [0.1, 0.15) is 36.4 Å². The maximum Gasteiger partial charge on any atom is 0.227 e. The molecule has 4 rings (SSSR count). The molecule has 1 fully saturated rings. The average molecular weight is 327 g/mol. The highest BCUT2D eigenvalue weighted by molar-refractivity contribution is 5.91. The van der Waals surface area contributed by atoms with Crippen LogP contribution >= 0.6 is 0 Å². The number of ether oxygens (including phenoxy) is 2. The van der Waals surface area contributed by atoms with Crippen LogP contribution in [-0.4, -0.2) is 37.4 Å². The second-order valence-electron chi connectivity index (χ2n) is 6.77. The number of methoxy groups -OCH3 is 2. The van der Waals surface area contributed by atoms with Gasteiger partial charge in [0.25, 0.3) is 0 Å². The van der Waals surface area contributed by atoms with E-state index in [1.54, 1.807) is 14.2 Å². The molecule has 0 radical (unpaired) electrons. The third-order valence-corrected chi connectivity index (χ3v) is 5.50. The molecule has 1 aromatic carbocycles. The predicted molar refractivity (Wildman–Crippen MR) is 88.1 cm³/mol. The van der Waals surface area contributed by atoms with Crippen LogP contribution in [0.15, 0.2) is 23.8 Å². The number of nitrogens with zero attached hydrogens (tertiary/aromatic N) is 1. The molecular formula is C19H21NO4. The number of fused-ring (bicyclic) bond motifs is 4. The molecular weight excluding hydrogens is 306 g/mol. The molecule has 3 aliphatic rings. The van der Waals surface area contributed by atoms with Crippen LogP contribution in [0.3, 0.4) is 0 Å². The molecule has 0 unspecified atom stereocenters. The Kier molecular flexibility index (Phi) is 3.59. The molecule has 5 heteroatoms. The molecule has 0 N–H and O–H groups in total. The van der Waals surface area contributed by atoms with E-state index >= 15 is 0 Å². The molecule has 5 nitrogen and oxygen atoms in total. The summed E-state index contributed by atoms with van der Waals surface area (Å²) in [6.45, 7) is 0.719. The monoisotopic (exact) mass is 327 g/mol. The highest BCUT2D eigenvalue weighted by Crippen LogP contribution is 2.46. The van der Waals surface area contributed by atoms with Crippen molar-refractivity contribution < 1.29 is 19.1 Å². The number of ketones is 1. The number of amides is 1. The molecule has 126 valence electrons. The second-order valence-corrected chi connectivity index (χ2v) is 6.77. The van der Waals surface area contributed by atoms with Crippen molar-refractivity contribution in [1.29, 1.82) is 0 Å². The summed E-state index contributed by atoms with van der Waals surface area (Å²) in [5.74, 6) is 2.05. The lowest BCUT2D eigenvalue weighted by Crippen LogP contribution is -2.47. The van der Waals surface area contributed by atoms with E-state index in [0.29, 0.717) is 30.3 Å². The molecule has 1 saturated heterocycles. The van der Waals surface area contributed by atoms with Crippen LogP contribution < -0.4 is 9.47 Å². The zero-order valence-corrected chi connectivity index (χ0v) is 14.0. The summed E-state index contributed by atoms with van der Waals surface area (Å²) in [5.41, 5.74) is 3.31. The van der Waals surface area contributed by atoms with Crippen molar-refractivity contribution in [3.05, 3.63) is 34.9 Å². The van der Waals surface area contributed by atoms with Crippen LogP contribution in [0.2, 0.25) is 0 Å². The molecule has 2 atom stereocenters. The van der Waals surface area contributed by atoms with Crippen molar-refractivity contribution in [3.8, 4) is 11.5 Å². The van der Waals surface area contributed by atoms with E-state index < -0.39 is 0 Å². The van der Waals surface area contributed by atoms with Crippen LogP contribution in [0.25, 0.3) is 0 Å². The highest BCUT2D eigenvalue weighted by atomic mass is 16.5. The minimum absolute atomic E-state index is 0.00513. The number of carbonyl (C=O) groups excluding carboxylic acids is 2. The first-order chi connectivity index (χ1) is 11.6. The van der Waals surface area contributed by atoms with Crippen molar-refractivity contribution in [3.63, 3.8) is 0 Å². The van der Waals surface area contributed by atoms with Gasteiger partial charge in [-0.15, -0.1) is 0 Å². The molecule has 2 heterocycles. The van der Waals surface area contributed by atoms with Gasteiger partial charge in [0.15, 0.2) is 17.3 Å². The third kappa shape index (κ3) is 2.30. The number of hydrogen-bond donors (Lipinski definition) is 0. The molecule has 1 aromatic rings. The van der Waals surface area contributed by atoms with E-state index in [9.17, 15) is 9.59 Å². The average Bonchev–Trinajstić information content (AvgIpc) is 2.59. The molecule has 0 saturated carbocycles. The number of hydrogen-bond acceptors (Lipinski definition) is 4. The Balaban J connectivity index is 1.77. The first-order valence-corrected chi connectivity index (χ1v) is 8.38. The van der Waals surface area contributed by atoms with E-state index in [-0.39, 0.29) is 17.7 Å². The maximum absolute atomic E-state index is 12.7. The van der Waals surface area contributed by atoms with E-state index in [4.69, 9.17) is 9.47 Å². The van der Waals surface area contributed by atoms with E-state index in [1.165, 1.54) is 5.57 Å². The van der Waals surface area contributed by atoms with Crippen molar-refractivity contribution in [2.24, 2.45) is 5.92 Å². The molecule has 0 spiro atoms. The van der Waals surface area contributed by atoms with Crippen LogP contribution in [0, 0.1) is 5.92 Å². The largest absolute Gasteiger partial charge is 0.493 e. The molecule has 0 aromatic heterocycles. The molecule has 24 heavy (non-hydrogen) atoms. The Morgan fingerprint density at radius 3 is 2.62 bits per heavy atom. The van der Waals surface area contributed by atoms with Crippen molar-refractivity contribution in [1.82, 2.24) is 4.90 Å². The van der Waals surface area contributed by atoms with Crippen molar-refractivity contribution in [2.45, 2.75) is 31.7 Å². The standard InChI is InChI=1S/C19H21NO4/c1-23-17-7-13-8-19(22)20-10-11-3-4-14(21)5-12(11)6-16(20)15(13)9-18(17)24-2/h5,7,9,11,16H,3-4,6,8,10H2,1-2H3/t11-,16-/m0/s1. The number of allylic oxidation sites excluding steroid dienone is 1. The van der Waals surface area contributed by atoms with Crippen LogP contribution in [0.5, 0.6) is 11.5 Å². The Morgan fingerprint density at radius 1 is 1.12 bits per heavy atom. The zero-order valence-electron chi connectivity index (χ0n) is 14.0. The quantitative estimate of drug-likeness (QED) is 0.837. The summed E-state index contributed by atoms with van der Waals surface area (Å²) >= 11 is 0. The van der Waals surface area contributed by atoms with E-state index in [1.807, 2.05) is 23.1 Å². The minimum atomic E-state index is -0.00513. The minimum Gasteiger partial charge on any atom is -0.493 e. The van der Waals surface area contributed by atoms with Gasteiger partial charge in [0.1, 0.15) is 0 Å². The van der Waals surface area contributed by atoms with Gasteiger partial charge in [-0.1, -0.05) is 5.57 Å². The molecule has 1 amide bonds. The van der Waals surface area contributed by atoms with Gasteiger partial charge in [0.2, 0.25) is 5.91 Å². The van der Waals surface area contributed by atoms with E-state index in [0.717, 1.165) is 30.5 Å². The molecule has 2 aliphatic heterocycles. The lowest BCUT2D eigenvalue weighted by atomic mass is 9.76. The summed E-state index contributed by atoms with van der Waals surface area (Å²) in [6.07, 6.45) is 4.41. The van der Waals surface area contributed by atoms with Gasteiger partial charge in [-0.2, -0.15) is 0 Å². The number of rotatable bonds is 2. The van der Waals surface area contributed by atoms with Gasteiger partial charge in [0, 0.05) is 13.0 Å². The summed E-state index contributed by atoms with van der Waals surface area (Å²) < 4.78 is 10.8. The van der Waals surface area contributed by atoms with Crippen LogP contribution in [-0.2, 0) is 16.0 Å². The number of benzene rings is 1. The maximum atomic E-state index is 12.7. The fourth-order valence-corrected chi connectivity index (χ4v) is 4.25. The zero-order chi connectivity index (χ0) is 16.8. The Labute approximate surface area is 141 Å². The van der Waals surface area contributed by atoms with Gasteiger partial charge in [0.05, 0.1) is 26.7 Å². The van der Waals surface area contributed by atoms with Gasteiger partial charge < -0.3 is 14.4 Å².